The Labute approximate surface area is 76.9 Å². The maximum absolute atomic E-state index is 13.0. The topological polar surface area (TPSA) is 0 Å². The fourth-order valence-electron chi connectivity index (χ4n) is 0.998. The number of hydrogen-bond acceptors (Lipinski definition) is 0. The highest BCUT2D eigenvalue weighted by Gasteiger charge is 2.37. The summed E-state index contributed by atoms with van der Waals surface area (Å²) >= 11 is 0. The van der Waals surface area contributed by atoms with Crippen LogP contribution in [0.25, 0.3) is 0 Å². The van der Waals surface area contributed by atoms with Crippen molar-refractivity contribution in [1.29, 1.82) is 0 Å². The lowest BCUT2D eigenvalue weighted by Crippen LogP contribution is -2.43. The second-order valence-electron chi connectivity index (χ2n) is 2.62. The quantitative estimate of drug-likeness (QED) is 0.444. The van der Waals surface area contributed by atoms with Crippen molar-refractivity contribution in [3.63, 3.8) is 0 Å². The van der Waals surface area contributed by atoms with Crippen molar-refractivity contribution in [1.82, 2.24) is 0 Å². The summed E-state index contributed by atoms with van der Waals surface area (Å²) in [5.41, 5.74) is 0. The van der Waals surface area contributed by atoms with E-state index in [2.05, 4.69) is 19.7 Å². The van der Waals surface area contributed by atoms with Crippen LogP contribution in [0.1, 0.15) is 0 Å². The zero-order valence-electron chi connectivity index (χ0n) is 7.30. The Morgan fingerprint density at radius 1 is 0.769 bits per heavy atom. The van der Waals surface area contributed by atoms with E-state index in [9.17, 15) is 13.2 Å². The third-order valence-electron chi connectivity index (χ3n) is 1.78. The molecule has 0 spiro atoms. The van der Waals surface area contributed by atoms with Crippen LogP contribution in [0.2, 0.25) is 0 Å². The van der Waals surface area contributed by atoms with Crippen LogP contribution >= 0.6 is 0 Å². The molecular weight excluding hydrogens is 176 g/mol. The Morgan fingerprint density at radius 2 is 1.00 bits per heavy atom. The Balaban J connectivity index is 4.61. The van der Waals surface area contributed by atoms with Crippen LogP contribution < -0.4 is 0 Å². The minimum atomic E-state index is -1.74. The summed E-state index contributed by atoms with van der Waals surface area (Å²) in [5.74, 6) is 0. The molecule has 0 fully saturated rings. The first-order chi connectivity index (χ1) is 6.08. The molecule has 0 radical (unpaired) electrons. The first-order valence-electron chi connectivity index (χ1n) is 3.88. The smallest absolute Gasteiger partial charge is 0.252 e. The maximum Gasteiger partial charge on any atom is 0.278 e. The Kier molecular flexibility index (Phi) is 5.27. The highest BCUT2D eigenvalue weighted by atomic mass is 19.2. The molecule has 13 heavy (non-hydrogen) atoms. The Bertz CT molecular complexity index is 160. The Hall–Kier alpha value is -0.925. The molecule has 4 heteroatoms. The van der Waals surface area contributed by atoms with E-state index in [1.54, 1.807) is 0 Å². The number of alkyl halides is 3. The van der Waals surface area contributed by atoms with Crippen LogP contribution in [0.3, 0.4) is 0 Å². The summed E-state index contributed by atoms with van der Waals surface area (Å²) in [6, 6.07) is 0. The summed E-state index contributed by atoms with van der Waals surface area (Å²) in [7, 11) is 0. The molecule has 72 valence electrons. The van der Waals surface area contributed by atoms with Crippen molar-refractivity contribution in [3.8, 4) is 0 Å². The van der Waals surface area contributed by atoms with Gasteiger partial charge in [-0.1, -0.05) is 18.2 Å². The van der Waals surface area contributed by atoms with E-state index in [0.29, 0.717) is 0 Å². The predicted octanol–water partition coefficient (Wildman–Crippen LogP) is 2.67. The van der Waals surface area contributed by atoms with Crippen LogP contribution in [-0.4, -0.2) is 24.9 Å². The lowest BCUT2D eigenvalue weighted by atomic mass is 9.39. The number of allylic oxidation sites excluding steroid dienone is 3. The van der Waals surface area contributed by atoms with E-state index in [0.717, 1.165) is 18.2 Å². The van der Waals surface area contributed by atoms with Gasteiger partial charge < -0.3 is 0 Å². The predicted molar refractivity (Wildman–Crippen MR) is 51.0 cm³/mol. The highest BCUT2D eigenvalue weighted by Crippen LogP contribution is 2.15. The molecule has 0 heterocycles. The molecule has 0 rings (SSSR count). The molecule has 3 atom stereocenters. The third kappa shape index (κ3) is 3.13. The van der Waals surface area contributed by atoms with E-state index in [4.69, 9.17) is 0 Å². The van der Waals surface area contributed by atoms with Crippen LogP contribution in [0.15, 0.2) is 38.0 Å². The summed E-state index contributed by atoms with van der Waals surface area (Å²) in [5, 5.41) is 0. The van der Waals surface area contributed by atoms with Crippen molar-refractivity contribution in [2.24, 2.45) is 0 Å². The number of rotatable bonds is 6. The van der Waals surface area contributed by atoms with E-state index in [1.807, 2.05) is 0 Å². The van der Waals surface area contributed by atoms with E-state index in [-0.39, 0.29) is 0 Å². The third-order valence-corrected chi connectivity index (χ3v) is 1.78. The van der Waals surface area contributed by atoms with Crippen LogP contribution in [-0.2, 0) is 0 Å². The molecule has 0 aliphatic heterocycles. The summed E-state index contributed by atoms with van der Waals surface area (Å²) in [6.07, 6.45) is -2.59. The lowest BCUT2D eigenvalue weighted by Gasteiger charge is -2.18. The molecule has 3 unspecified atom stereocenters. The zero-order valence-corrected chi connectivity index (χ0v) is 7.30. The van der Waals surface area contributed by atoms with Gasteiger partial charge in [0.05, 0.1) is 18.2 Å². The SMILES string of the molecule is C=CC(F)B(C(F)C=C)C(F)C=C. The minimum Gasteiger partial charge on any atom is -0.252 e. The lowest BCUT2D eigenvalue weighted by molar-refractivity contribution is 0.407. The fraction of sp³-hybridized carbons (Fsp3) is 0.333. The molecule has 0 bridgehead atoms. The normalized spacial score (nSPS) is 16.8. The standard InChI is InChI=1S/C9H12BF3/c1-4-7(11)10(8(12)5-2)9(13)6-3/h4-9H,1-3H2. The molecule has 0 aliphatic rings. The van der Waals surface area contributed by atoms with Crippen molar-refractivity contribution in [2.45, 2.75) is 18.2 Å². The number of halogens is 3. The minimum absolute atomic E-state index is 0.872. The van der Waals surface area contributed by atoms with Gasteiger partial charge in [0.15, 0.2) is 0 Å². The molecule has 0 saturated carbocycles. The van der Waals surface area contributed by atoms with Crippen molar-refractivity contribution in [2.75, 3.05) is 0 Å². The highest BCUT2D eigenvalue weighted by molar-refractivity contribution is 6.64. The average Bonchev–Trinajstić information content (AvgIpc) is 2.16. The molecule has 0 saturated heterocycles. The van der Waals surface area contributed by atoms with Gasteiger partial charge in [0, 0.05) is 0 Å². The summed E-state index contributed by atoms with van der Waals surface area (Å²) in [6.45, 7) is 7.99. The second kappa shape index (κ2) is 5.67. The molecule has 0 aromatic carbocycles. The second-order valence-corrected chi connectivity index (χ2v) is 2.62. The van der Waals surface area contributed by atoms with Crippen LogP contribution in [0.5, 0.6) is 0 Å². The van der Waals surface area contributed by atoms with Gasteiger partial charge in [-0.3, -0.25) is 13.2 Å². The van der Waals surface area contributed by atoms with Gasteiger partial charge in [-0.15, -0.1) is 19.7 Å². The largest absolute Gasteiger partial charge is 0.278 e. The van der Waals surface area contributed by atoms with Crippen molar-refractivity contribution >= 4 is 6.71 Å². The van der Waals surface area contributed by atoms with Crippen molar-refractivity contribution < 1.29 is 13.2 Å². The van der Waals surface area contributed by atoms with Crippen LogP contribution in [0.4, 0.5) is 13.2 Å². The van der Waals surface area contributed by atoms with Gasteiger partial charge >= 0.3 is 0 Å². The molecular formula is C9H12BF3. The fourth-order valence-corrected chi connectivity index (χ4v) is 0.998. The van der Waals surface area contributed by atoms with E-state index >= 15 is 0 Å². The molecule has 0 aromatic heterocycles. The molecule has 0 amide bonds. The van der Waals surface area contributed by atoms with E-state index < -0.39 is 24.9 Å². The molecule has 0 N–H and O–H groups in total. The summed E-state index contributed by atoms with van der Waals surface area (Å²) in [4.78, 5) is 0. The zero-order chi connectivity index (χ0) is 10.4. The van der Waals surface area contributed by atoms with Gasteiger partial charge in [0.25, 0.3) is 6.71 Å². The van der Waals surface area contributed by atoms with Gasteiger partial charge in [0.2, 0.25) is 0 Å². The van der Waals surface area contributed by atoms with Gasteiger partial charge in [0.1, 0.15) is 0 Å². The van der Waals surface area contributed by atoms with Gasteiger partial charge in [-0.25, -0.2) is 0 Å². The first kappa shape index (κ1) is 12.1. The molecule has 0 aromatic rings. The van der Waals surface area contributed by atoms with Gasteiger partial charge in [-0.2, -0.15) is 0 Å². The number of hydrogen-bond donors (Lipinski definition) is 0. The maximum atomic E-state index is 13.0. The summed E-state index contributed by atoms with van der Waals surface area (Å²) < 4.78 is 38.9. The molecule has 0 nitrogen and oxygen atoms in total. The first-order valence-corrected chi connectivity index (χ1v) is 3.88. The average molecular weight is 188 g/mol. The Morgan fingerprint density at radius 3 is 1.15 bits per heavy atom. The van der Waals surface area contributed by atoms with Gasteiger partial charge in [-0.05, 0) is 0 Å². The van der Waals surface area contributed by atoms with E-state index in [1.165, 1.54) is 0 Å². The monoisotopic (exact) mass is 188 g/mol. The molecule has 0 aliphatic carbocycles. The van der Waals surface area contributed by atoms with Crippen LogP contribution in [0, 0.1) is 0 Å². The van der Waals surface area contributed by atoms with Crippen molar-refractivity contribution in [3.05, 3.63) is 38.0 Å².